The number of hydrogen-bond acceptors (Lipinski definition) is 5. The molecule has 3 heterocycles. The molecule has 28 heavy (non-hydrogen) atoms. The van der Waals surface area contributed by atoms with Crippen LogP contribution in [0.5, 0.6) is 0 Å². The van der Waals surface area contributed by atoms with E-state index in [1.165, 1.54) is 29.2 Å². The molecule has 1 aromatic carbocycles. The first-order valence-corrected chi connectivity index (χ1v) is 9.40. The number of imidazole rings is 1. The van der Waals surface area contributed by atoms with Crippen LogP contribution in [0.1, 0.15) is 47.0 Å². The van der Waals surface area contributed by atoms with Crippen molar-refractivity contribution in [1.29, 1.82) is 0 Å². The molecule has 0 bridgehead atoms. The Morgan fingerprint density at radius 3 is 2.54 bits per heavy atom. The second-order valence-electron chi connectivity index (χ2n) is 6.49. The van der Waals surface area contributed by atoms with Gasteiger partial charge in [0.25, 0.3) is 12.3 Å². The van der Waals surface area contributed by atoms with E-state index in [0.717, 1.165) is 11.5 Å². The Kier molecular flexibility index (Phi) is 4.66. The first kappa shape index (κ1) is 18.6. The van der Waals surface area contributed by atoms with Gasteiger partial charge >= 0.3 is 0 Å². The minimum atomic E-state index is -2.78. The molecule has 0 fully saturated rings. The van der Waals surface area contributed by atoms with Gasteiger partial charge in [0.1, 0.15) is 17.3 Å². The minimum Gasteiger partial charge on any atom is -0.329 e. The van der Waals surface area contributed by atoms with Crippen LogP contribution in [0, 0.1) is 12.7 Å². The lowest BCUT2D eigenvalue weighted by atomic mass is 10.1. The fourth-order valence-electron chi connectivity index (χ4n) is 3.45. The molecule has 0 spiro atoms. The second-order valence-corrected chi connectivity index (χ2v) is 7.24. The van der Waals surface area contributed by atoms with Gasteiger partial charge in [-0.05, 0) is 49.6 Å². The zero-order valence-electron chi connectivity index (χ0n) is 15.1. The molecule has 4 rings (SSSR count). The van der Waals surface area contributed by atoms with Crippen LogP contribution >= 0.6 is 11.5 Å². The fraction of sp³-hybridized carbons (Fsp3) is 0.333. The number of amides is 1. The summed E-state index contributed by atoms with van der Waals surface area (Å²) in [5, 5.41) is 0.469. The molecule has 0 aliphatic carbocycles. The van der Waals surface area contributed by atoms with E-state index in [-0.39, 0.29) is 11.6 Å². The number of aromatic nitrogens is 4. The van der Waals surface area contributed by atoms with Gasteiger partial charge in [0.2, 0.25) is 0 Å². The van der Waals surface area contributed by atoms with Crippen LogP contribution in [0.25, 0.3) is 10.8 Å². The van der Waals surface area contributed by atoms with E-state index in [9.17, 15) is 18.0 Å². The maximum atomic E-state index is 13.7. The van der Waals surface area contributed by atoms with E-state index >= 15 is 0 Å². The molecule has 1 amide bonds. The molecule has 0 unspecified atom stereocenters. The molecule has 146 valence electrons. The van der Waals surface area contributed by atoms with Crippen molar-refractivity contribution < 1.29 is 18.0 Å². The number of rotatable bonds is 3. The van der Waals surface area contributed by atoms with Crippen molar-refractivity contribution in [3.63, 3.8) is 0 Å². The van der Waals surface area contributed by atoms with Crippen molar-refractivity contribution in [3.05, 3.63) is 52.9 Å². The lowest BCUT2D eigenvalue weighted by Gasteiger charge is -2.35. The lowest BCUT2D eigenvalue weighted by Crippen LogP contribution is -2.41. The fourth-order valence-corrected chi connectivity index (χ4v) is 4.12. The summed E-state index contributed by atoms with van der Waals surface area (Å²) in [5.41, 5.74) is 0.242. The topological polar surface area (TPSA) is 63.9 Å². The van der Waals surface area contributed by atoms with Crippen LogP contribution in [0.4, 0.5) is 13.2 Å². The summed E-state index contributed by atoms with van der Waals surface area (Å²) < 4.78 is 46.3. The third-order valence-electron chi connectivity index (χ3n) is 4.74. The van der Waals surface area contributed by atoms with Gasteiger partial charge in [0, 0.05) is 18.7 Å². The molecule has 0 radical (unpaired) electrons. The van der Waals surface area contributed by atoms with Gasteiger partial charge in [0.05, 0.1) is 11.7 Å². The Morgan fingerprint density at radius 1 is 1.21 bits per heavy atom. The smallest absolute Gasteiger partial charge is 0.282 e. The first-order valence-electron chi connectivity index (χ1n) is 8.62. The van der Waals surface area contributed by atoms with E-state index in [1.54, 1.807) is 18.4 Å². The molecule has 1 atom stereocenters. The highest BCUT2D eigenvalue weighted by Crippen LogP contribution is 2.37. The normalized spacial score (nSPS) is 16.5. The van der Waals surface area contributed by atoms with E-state index in [0.29, 0.717) is 41.0 Å². The number of aryl methyl sites for hydroxylation is 1. The summed E-state index contributed by atoms with van der Waals surface area (Å²) >= 11 is 1.10. The second kappa shape index (κ2) is 7.01. The van der Waals surface area contributed by atoms with E-state index < -0.39 is 18.3 Å². The van der Waals surface area contributed by atoms with E-state index in [4.69, 9.17) is 0 Å². The van der Waals surface area contributed by atoms with Gasteiger partial charge in [-0.3, -0.25) is 4.79 Å². The Morgan fingerprint density at radius 2 is 1.93 bits per heavy atom. The van der Waals surface area contributed by atoms with Crippen LogP contribution in [0.3, 0.4) is 0 Å². The van der Waals surface area contributed by atoms with Crippen LogP contribution in [-0.2, 0) is 6.54 Å². The average Bonchev–Trinajstić information content (AvgIpc) is 3.26. The number of hydrogen-bond donors (Lipinski definition) is 0. The predicted molar refractivity (Wildman–Crippen MR) is 96.7 cm³/mol. The molecule has 1 aliphatic rings. The number of benzene rings is 1. The van der Waals surface area contributed by atoms with Gasteiger partial charge in [-0.15, -0.1) is 0 Å². The highest BCUT2D eigenvalue weighted by molar-refractivity contribution is 7.09. The third kappa shape index (κ3) is 3.07. The summed E-state index contributed by atoms with van der Waals surface area (Å²) in [6, 6.07) is 4.56. The highest BCUT2D eigenvalue weighted by Gasteiger charge is 2.36. The number of nitrogens with zero attached hydrogens (tertiary/aromatic N) is 5. The standard InChI is InChI=1S/C18H16F3N5OS/c1-9-14-13(15(20)21)23-16(17-22-10(2)24-28-17)26(14)8-7-25(9)18(27)11-3-5-12(19)6-4-11/h3-6,9,15H,7-8H2,1-2H3/t9-/m1/s1. The number of fused-ring (bicyclic) bond motifs is 1. The largest absolute Gasteiger partial charge is 0.329 e. The number of carbonyl (C=O) groups excluding carboxylic acids is 1. The van der Waals surface area contributed by atoms with Gasteiger partial charge in [-0.1, -0.05) is 0 Å². The van der Waals surface area contributed by atoms with Crippen molar-refractivity contribution >= 4 is 17.4 Å². The Hall–Kier alpha value is -2.75. The zero-order chi connectivity index (χ0) is 20.0. The third-order valence-corrected chi connectivity index (χ3v) is 5.54. The van der Waals surface area contributed by atoms with Crippen molar-refractivity contribution in [2.75, 3.05) is 6.54 Å². The van der Waals surface area contributed by atoms with Crippen LogP contribution < -0.4 is 0 Å². The van der Waals surface area contributed by atoms with Crippen molar-refractivity contribution in [2.24, 2.45) is 0 Å². The van der Waals surface area contributed by atoms with Crippen molar-refractivity contribution in [2.45, 2.75) is 32.9 Å². The maximum Gasteiger partial charge on any atom is 0.282 e. The molecule has 6 nitrogen and oxygen atoms in total. The molecule has 1 aliphatic heterocycles. The molecule has 2 aromatic heterocycles. The quantitative estimate of drug-likeness (QED) is 0.658. The SMILES string of the molecule is Cc1nsc(-c2nc(C(F)F)c3n2CCN(C(=O)c2ccc(F)cc2)[C@@H]3C)n1. The summed E-state index contributed by atoms with van der Waals surface area (Å²) in [7, 11) is 0. The van der Waals surface area contributed by atoms with E-state index in [1.807, 2.05) is 0 Å². The van der Waals surface area contributed by atoms with Crippen molar-refractivity contribution in [1.82, 2.24) is 23.8 Å². The molecule has 0 N–H and O–H groups in total. The van der Waals surface area contributed by atoms with Crippen LogP contribution in [-0.4, -0.2) is 36.3 Å². The van der Waals surface area contributed by atoms with Gasteiger partial charge < -0.3 is 9.47 Å². The summed E-state index contributed by atoms with van der Waals surface area (Å²) in [5.74, 6) is 0.108. The molecular weight excluding hydrogens is 391 g/mol. The first-order chi connectivity index (χ1) is 13.4. The molecule has 10 heteroatoms. The zero-order valence-corrected chi connectivity index (χ0v) is 15.9. The Labute approximate surface area is 162 Å². The molecular formula is C18H16F3N5OS. The van der Waals surface area contributed by atoms with Gasteiger partial charge in [-0.2, -0.15) is 4.37 Å². The van der Waals surface area contributed by atoms with E-state index in [2.05, 4.69) is 14.3 Å². The minimum absolute atomic E-state index is 0.291. The average molecular weight is 407 g/mol. The summed E-state index contributed by atoms with van der Waals surface area (Å²) in [6.45, 7) is 4.03. The molecule has 3 aromatic rings. The lowest BCUT2D eigenvalue weighted by molar-refractivity contribution is 0.0633. The Balaban J connectivity index is 1.74. The monoisotopic (exact) mass is 407 g/mol. The number of carbonyl (C=O) groups is 1. The van der Waals surface area contributed by atoms with Gasteiger partial charge in [-0.25, -0.2) is 23.1 Å². The molecule has 0 saturated heterocycles. The van der Waals surface area contributed by atoms with Gasteiger partial charge in [0.15, 0.2) is 10.8 Å². The number of alkyl halides is 2. The van der Waals surface area contributed by atoms with Crippen LogP contribution in [0.2, 0.25) is 0 Å². The molecule has 0 saturated carbocycles. The maximum absolute atomic E-state index is 13.7. The van der Waals surface area contributed by atoms with Crippen molar-refractivity contribution in [3.8, 4) is 10.8 Å². The predicted octanol–water partition coefficient (Wildman–Crippen LogP) is 4.00. The number of halogens is 3. The summed E-state index contributed by atoms with van der Waals surface area (Å²) in [6.07, 6.45) is -2.78. The summed E-state index contributed by atoms with van der Waals surface area (Å²) in [4.78, 5) is 22.8. The highest BCUT2D eigenvalue weighted by atomic mass is 32.1. The Bertz CT molecular complexity index is 1030. The van der Waals surface area contributed by atoms with Crippen LogP contribution in [0.15, 0.2) is 24.3 Å².